The van der Waals surface area contributed by atoms with Crippen molar-refractivity contribution >= 4 is 5.97 Å². The van der Waals surface area contributed by atoms with E-state index in [-0.39, 0.29) is 17.1 Å². The van der Waals surface area contributed by atoms with Gasteiger partial charge in [-0.2, -0.15) is 0 Å². The summed E-state index contributed by atoms with van der Waals surface area (Å²) in [6, 6.07) is 6.50. The van der Waals surface area contributed by atoms with Gasteiger partial charge in [0.25, 0.3) is 0 Å². The Kier molecular flexibility index (Phi) is 7.06. The number of ether oxygens (including phenoxy) is 3. The molecule has 24 heavy (non-hydrogen) atoms. The van der Waals surface area contributed by atoms with E-state index in [0.29, 0.717) is 12.4 Å². The topological polar surface area (TPSA) is 65.0 Å². The Morgan fingerprint density at radius 3 is 2.50 bits per heavy atom. The maximum Gasteiger partial charge on any atom is 0.335 e. The van der Waals surface area contributed by atoms with Gasteiger partial charge in [-0.3, -0.25) is 0 Å². The Bertz CT molecular complexity index is 501. The third-order valence-corrected chi connectivity index (χ3v) is 4.69. The van der Waals surface area contributed by atoms with E-state index in [1.54, 1.807) is 24.3 Å². The van der Waals surface area contributed by atoms with Gasteiger partial charge in [0.15, 0.2) is 0 Å². The number of aromatic carboxylic acids is 1. The summed E-state index contributed by atoms with van der Waals surface area (Å²) < 4.78 is 17.1. The van der Waals surface area contributed by atoms with Crippen LogP contribution in [0.1, 0.15) is 49.9 Å². The molecule has 1 fully saturated rings. The van der Waals surface area contributed by atoms with Crippen molar-refractivity contribution in [2.24, 2.45) is 5.41 Å². The molecular weight excluding hydrogens is 308 g/mol. The molecule has 1 unspecified atom stereocenters. The number of carboxylic acid groups (broad SMARTS) is 1. The molecule has 1 aromatic carbocycles. The van der Waals surface area contributed by atoms with Crippen LogP contribution in [-0.4, -0.2) is 43.6 Å². The fraction of sp³-hybridized carbons (Fsp3) is 0.632. The molecule has 2 rings (SSSR count). The van der Waals surface area contributed by atoms with Crippen molar-refractivity contribution in [3.63, 3.8) is 0 Å². The van der Waals surface area contributed by atoms with Crippen molar-refractivity contribution < 1.29 is 24.1 Å². The Morgan fingerprint density at radius 2 is 2.00 bits per heavy atom. The molecule has 0 saturated carbocycles. The standard InChI is InChI=1S/C19H28O5/c1-3-16(24-14-19(4-2)12-22-13-19)6-5-11-23-17-9-7-15(8-10-17)18(20)21/h7-10,16H,3-6,11-14H2,1-2H3,(H,20,21). The molecule has 0 bridgehead atoms. The van der Waals surface area contributed by atoms with E-state index in [1.807, 2.05) is 0 Å². The van der Waals surface area contributed by atoms with Crippen molar-refractivity contribution in [2.75, 3.05) is 26.4 Å². The molecule has 0 aromatic heterocycles. The Balaban J connectivity index is 1.65. The van der Waals surface area contributed by atoms with Crippen LogP contribution in [0.5, 0.6) is 5.75 Å². The van der Waals surface area contributed by atoms with Crippen LogP contribution in [0.4, 0.5) is 0 Å². The first-order valence-corrected chi connectivity index (χ1v) is 8.74. The summed E-state index contributed by atoms with van der Waals surface area (Å²) in [6.07, 6.45) is 4.22. The first kappa shape index (κ1) is 18.7. The van der Waals surface area contributed by atoms with Crippen LogP contribution in [0.3, 0.4) is 0 Å². The average Bonchev–Trinajstić information content (AvgIpc) is 2.56. The van der Waals surface area contributed by atoms with E-state index in [9.17, 15) is 4.79 Å². The fourth-order valence-corrected chi connectivity index (χ4v) is 2.67. The molecule has 1 aliphatic rings. The Labute approximate surface area is 143 Å². The van der Waals surface area contributed by atoms with Gasteiger partial charge in [0, 0.05) is 5.41 Å². The second-order valence-corrected chi connectivity index (χ2v) is 6.51. The number of hydrogen-bond donors (Lipinski definition) is 1. The molecule has 134 valence electrons. The molecule has 1 aliphatic heterocycles. The molecule has 0 radical (unpaired) electrons. The van der Waals surface area contributed by atoms with E-state index in [0.717, 1.165) is 45.5 Å². The predicted octanol–water partition coefficient (Wildman–Crippen LogP) is 3.77. The summed E-state index contributed by atoms with van der Waals surface area (Å²) in [6.45, 7) is 7.35. The number of rotatable bonds is 11. The largest absolute Gasteiger partial charge is 0.494 e. The number of carboxylic acids is 1. The first-order chi connectivity index (χ1) is 11.6. The maximum absolute atomic E-state index is 10.8. The van der Waals surface area contributed by atoms with Crippen molar-refractivity contribution in [1.82, 2.24) is 0 Å². The van der Waals surface area contributed by atoms with Gasteiger partial charge in [0.2, 0.25) is 0 Å². The van der Waals surface area contributed by atoms with Crippen LogP contribution in [0, 0.1) is 5.41 Å². The molecule has 1 saturated heterocycles. The summed E-state index contributed by atoms with van der Waals surface area (Å²) >= 11 is 0. The molecule has 1 N–H and O–H groups in total. The summed E-state index contributed by atoms with van der Waals surface area (Å²) in [5, 5.41) is 8.86. The predicted molar refractivity (Wildman–Crippen MR) is 91.7 cm³/mol. The van der Waals surface area contributed by atoms with Crippen LogP contribution in [0.2, 0.25) is 0 Å². The number of hydrogen-bond acceptors (Lipinski definition) is 4. The summed E-state index contributed by atoms with van der Waals surface area (Å²) in [4.78, 5) is 10.8. The molecule has 0 aliphatic carbocycles. The van der Waals surface area contributed by atoms with E-state index in [1.165, 1.54) is 0 Å². The third kappa shape index (κ3) is 5.21. The van der Waals surface area contributed by atoms with Gasteiger partial charge in [-0.25, -0.2) is 4.79 Å². The average molecular weight is 336 g/mol. The van der Waals surface area contributed by atoms with Crippen molar-refractivity contribution in [2.45, 2.75) is 45.6 Å². The van der Waals surface area contributed by atoms with Gasteiger partial charge in [0.1, 0.15) is 5.75 Å². The molecule has 5 heteroatoms. The number of benzene rings is 1. The van der Waals surface area contributed by atoms with E-state index in [4.69, 9.17) is 19.3 Å². The molecule has 0 amide bonds. The second kappa shape index (κ2) is 9.04. The minimum Gasteiger partial charge on any atom is -0.494 e. The summed E-state index contributed by atoms with van der Waals surface area (Å²) in [5.74, 6) is -0.225. The zero-order valence-corrected chi connectivity index (χ0v) is 14.6. The van der Waals surface area contributed by atoms with Gasteiger partial charge >= 0.3 is 5.97 Å². The lowest BCUT2D eigenvalue weighted by Gasteiger charge is -2.41. The highest BCUT2D eigenvalue weighted by atomic mass is 16.5. The maximum atomic E-state index is 10.8. The number of carbonyl (C=O) groups is 1. The van der Waals surface area contributed by atoms with Gasteiger partial charge in [-0.1, -0.05) is 13.8 Å². The fourth-order valence-electron chi connectivity index (χ4n) is 2.67. The zero-order chi connectivity index (χ0) is 17.4. The third-order valence-electron chi connectivity index (χ3n) is 4.69. The Morgan fingerprint density at radius 1 is 1.29 bits per heavy atom. The zero-order valence-electron chi connectivity index (χ0n) is 14.6. The smallest absolute Gasteiger partial charge is 0.335 e. The molecule has 1 atom stereocenters. The van der Waals surface area contributed by atoms with Crippen LogP contribution in [-0.2, 0) is 9.47 Å². The van der Waals surface area contributed by atoms with Crippen molar-refractivity contribution in [3.8, 4) is 5.75 Å². The van der Waals surface area contributed by atoms with Crippen molar-refractivity contribution in [1.29, 1.82) is 0 Å². The highest BCUT2D eigenvalue weighted by molar-refractivity contribution is 5.87. The van der Waals surface area contributed by atoms with E-state index < -0.39 is 5.97 Å². The second-order valence-electron chi connectivity index (χ2n) is 6.51. The molecule has 1 aromatic rings. The first-order valence-electron chi connectivity index (χ1n) is 8.74. The molecule has 5 nitrogen and oxygen atoms in total. The van der Waals surface area contributed by atoms with E-state index >= 15 is 0 Å². The molecular formula is C19H28O5. The minimum absolute atomic E-state index is 0.232. The van der Waals surface area contributed by atoms with Gasteiger partial charge < -0.3 is 19.3 Å². The van der Waals surface area contributed by atoms with E-state index in [2.05, 4.69) is 13.8 Å². The van der Waals surface area contributed by atoms with Crippen LogP contribution in [0.25, 0.3) is 0 Å². The lowest BCUT2D eigenvalue weighted by atomic mass is 9.84. The highest BCUT2D eigenvalue weighted by Gasteiger charge is 2.37. The van der Waals surface area contributed by atoms with Crippen LogP contribution in [0.15, 0.2) is 24.3 Å². The highest BCUT2D eigenvalue weighted by Crippen LogP contribution is 2.32. The Hall–Kier alpha value is -1.59. The van der Waals surface area contributed by atoms with Gasteiger partial charge in [0.05, 0.1) is 38.1 Å². The summed E-state index contributed by atoms with van der Waals surface area (Å²) in [7, 11) is 0. The normalized spacial score (nSPS) is 17.1. The SMILES string of the molecule is CCC(CCCOc1ccc(C(=O)O)cc1)OCC1(CC)COC1. The van der Waals surface area contributed by atoms with Gasteiger partial charge in [-0.05, 0) is 49.9 Å². The lowest BCUT2D eigenvalue weighted by molar-refractivity contribution is -0.161. The quantitative estimate of drug-likeness (QED) is 0.623. The molecule has 0 spiro atoms. The summed E-state index contributed by atoms with van der Waals surface area (Å²) in [5.41, 5.74) is 0.502. The van der Waals surface area contributed by atoms with Gasteiger partial charge in [-0.15, -0.1) is 0 Å². The van der Waals surface area contributed by atoms with Crippen LogP contribution < -0.4 is 4.74 Å². The lowest BCUT2D eigenvalue weighted by Crippen LogP contribution is -2.46. The van der Waals surface area contributed by atoms with Crippen LogP contribution >= 0.6 is 0 Å². The monoisotopic (exact) mass is 336 g/mol. The van der Waals surface area contributed by atoms with Crippen molar-refractivity contribution in [3.05, 3.63) is 29.8 Å². The molecule has 1 heterocycles. The minimum atomic E-state index is -0.925.